The number of carbonyl (C=O) groups excluding carboxylic acids is 1. The summed E-state index contributed by atoms with van der Waals surface area (Å²) in [5.74, 6) is 0.178. The number of rotatable bonds is 4. The molecule has 0 aromatic rings. The molecule has 0 aliphatic carbocycles. The molecule has 0 radical (unpaired) electrons. The highest BCUT2D eigenvalue weighted by Gasteiger charge is 2.26. The van der Waals surface area contributed by atoms with Gasteiger partial charge < -0.3 is 10.0 Å². The Morgan fingerprint density at radius 1 is 1.44 bits per heavy atom. The van der Waals surface area contributed by atoms with Gasteiger partial charge in [0, 0.05) is 38.6 Å². The lowest BCUT2D eigenvalue weighted by atomic mass is 10.0. The molecule has 1 N–H and O–H groups in total. The predicted molar refractivity (Wildman–Crippen MR) is 64.2 cm³/mol. The number of piperidine rings is 1. The Labute approximate surface area is 98.2 Å². The molecule has 1 rings (SSSR count). The maximum Gasteiger partial charge on any atom is 0.219 e. The second kappa shape index (κ2) is 6.21. The van der Waals surface area contributed by atoms with E-state index in [-0.39, 0.29) is 12.5 Å². The molecule has 0 unspecified atom stereocenters. The van der Waals surface area contributed by atoms with E-state index in [4.69, 9.17) is 5.11 Å². The van der Waals surface area contributed by atoms with Crippen molar-refractivity contribution in [1.82, 2.24) is 9.80 Å². The summed E-state index contributed by atoms with van der Waals surface area (Å²) in [6.45, 7) is 8.62. The van der Waals surface area contributed by atoms with Gasteiger partial charge in [0.05, 0.1) is 6.61 Å². The topological polar surface area (TPSA) is 43.8 Å². The van der Waals surface area contributed by atoms with E-state index < -0.39 is 0 Å². The molecule has 0 aromatic carbocycles. The van der Waals surface area contributed by atoms with Crippen LogP contribution < -0.4 is 0 Å². The van der Waals surface area contributed by atoms with E-state index in [2.05, 4.69) is 18.7 Å². The quantitative estimate of drug-likeness (QED) is 0.770. The average molecular weight is 228 g/mol. The summed E-state index contributed by atoms with van der Waals surface area (Å²) >= 11 is 0. The third-order valence-corrected chi connectivity index (χ3v) is 3.40. The molecule has 1 fully saturated rings. The molecule has 94 valence electrons. The number of hydrogen-bond donors (Lipinski definition) is 1. The van der Waals surface area contributed by atoms with Gasteiger partial charge in [-0.3, -0.25) is 9.69 Å². The van der Waals surface area contributed by atoms with Gasteiger partial charge in [0.25, 0.3) is 0 Å². The fourth-order valence-corrected chi connectivity index (χ4v) is 2.49. The molecule has 1 amide bonds. The van der Waals surface area contributed by atoms with E-state index in [1.54, 1.807) is 6.92 Å². The summed E-state index contributed by atoms with van der Waals surface area (Å²) in [4.78, 5) is 15.5. The molecule has 1 heterocycles. The van der Waals surface area contributed by atoms with Crippen molar-refractivity contribution >= 4 is 5.91 Å². The third kappa shape index (κ3) is 3.46. The lowest BCUT2D eigenvalue weighted by molar-refractivity contribution is -0.130. The van der Waals surface area contributed by atoms with Gasteiger partial charge in [0.1, 0.15) is 0 Å². The monoisotopic (exact) mass is 228 g/mol. The molecule has 16 heavy (non-hydrogen) atoms. The maximum atomic E-state index is 11.2. The number of carbonyl (C=O) groups is 1. The highest BCUT2D eigenvalue weighted by atomic mass is 16.3. The Morgan fingerprint density at radius 3 is 2.38 bits per heavy atom. The van der Waals surface area contributed by atoms with Gasteiger partial charge in [0.2, 0.25) is 5.91 Å². The molecule has 0 aromatic heterocycles. The lowest BCUT2D eigenvalue weighted by Gasteiger charge is -2.40. The first-order valence-electron chi connectivity index (χ1n) is 6.18. The van der Waals surface area contributed by atoms with Crippen molar-refractivity contribution < 1.29 is 9.90 Å². The summed E-state index contributed by atoms with van der Waals surface area (Å²) < 4.78 is 0. The van der Waals surface area contributed by atoms with Crippen LogP contribution in [0, 0.1) is 0 Å². The Balaban J connectivity index is 2.47. The van der Waals surface area contributed by atoms with Gasteiger partial charge in [-0.1, -0.05) is 0 Å². The number of aliphatic hydroxyl groups is 1. The van der Waals surface area contributed by atoms with E-state index in [9.17, 15) is 4.79 Å². The number of aliphatic hydroxyl groups excluding tert-OH is 1. The lowest BCUT2D eigenvalue weighted by Crippen LogP contribution is -2.49. The molecule has 0 saturated carbocycles. The molecular weight excluding hydrogens is 204 g/mol. The Hall–Kier alpha value is -0.610. The van der Waals surface area contributed by atoms with Gasteiger partial charge >= 0.3 is 0 Å². The minimum Gasteiger partial charge on any atom is -0.395 e. The van der Waals surface area contributed by atoms with Crippen molar-refractivity contribution in [2.75, 3.05) is 26.2 Å². The van der Waals surface area contributed by atoms with Crippen LogP contribution in [0.25, 0.3) is 0 Å². The molecule has 1 saturated heterocycles. The third-order valence-electron chi connectivity index (χ3n) is 3.40. The minimum absolute atomic E-state index is 0.178. The predicted octanol–water partition coefficient (Wildman–Crippen LogP) is 0.700. The van der Waals surface area contributed by atoms with Crippen LogP contribution in [-0.2, 0) is 4.79 Å². The van der Waals surface area contributed by atoms with Gasteiger partial charge in [-0.05, 0) is 26.7 Å². The van der Waals surface area contributed by atoms with Crippen LogP contribution in [0.5, 0.6) is 0 Å². The zero-order valence-electron chi connectivity index (χ0n) is 10.6. The molecule has 0 spiro atoms. The average Bonchev–Trinajstić information content (AvgIpc) is 2.25. The van der Waals surface area contributed by atoms with Crippen molar-refractivity contribution in [2.45, 2.75) is 45.7 Å². The Morgan fingerprint density at radius 2 is 2.00 bits per heavy atom. The van der Waals surface area contributed by atoms with Gasteiger partial charge in [-0.25, -0.2) is 0 Å². The van der Waals surface area contributed by atoms with Crippen LogP contribution >= 0.6 is 0 Å². The molecule has 0 bridgehead atoms. The summed E-state index contributed by atoms with van der Waals surface area (Å²) in [5, 5.41) is 9.05. The molecule has 4 nitrogen and oxygen atoms in total. The fraction of sp³-hybridized carbons (Fsp3) is 0.917. The second-order valence-electron chi connectivity index (χ2n) is 4.79. The molecule has 1 aliphatic heterocycles. The van der Waals surface area contributed by atoms with Crippen molar-refractivity contribution in [3.05, 3.63) is 0 Å². The van der Waals surface area contributed by atoms with Crippen molar-refractivity contribution in [1.29, 1.82) is 0 Å². The summed E-state index contributed by atoms with van der Waals surface area (Å²) in [7, 11) is 0. The van der Waals surface area contributed by atoms with E-state index >= 15 is 0 Å². The largest absolute Gasteiger partial charge is 0.395 e. The van der Waals surface area contributed by atoms with Crippen LogP contribution in [0.2, 0.25) is 0 Å². The van der Waals surface area contributed by atoms with E-state index in [0.717, 1.165) is 32.5 Å². The zero-order chi connectivity index (χ0) is 12.1. The Kier molecular flexibility index (Phi) is 5.22. The highest BCUT2D eigenvalue weighted by Crippen LogP contribution is 2.18. The van der Waals surface area contributed by atoms with Crippen LogP contribution in [0.4, 0.5) is 0 Å². The normalized spacial score (nSPS) is 18.5. The molecule has 1 aliphatic rings. The summed E-state index contributed by atoms with van der Waals surface area (Å²) in [5.41, 5.74) is 0. The number of likely N-dealkylation sites (tertiary alicyclic amines) is 1. The van der Waals surface area contributed by atoms with Crippen molar-refractivity contribution in [3.63, 3.8) is 0 Å². The zero-order valence-corrected chi connectivity index (χ0v) is 10.6. The first-order valence-corrected chi connectivity index (χ1v) is 6.18. The number of hydrogen-bond acceptors (Lipinski definition) is 3. The van der Waals surface area contributed by atoms with E-state index in [0.29, 0.717) is 12.1 Å². The second-order valence-corrected chi connectivity index (χ2v) is 4.79. The van der Waals surface area contributed by atoms with Crippen molar-refractivity contribution in [2.24, 2.45) is 0 Å². The van der Waals surface area contributed by atoms with E-state index in [1.807, 2.05) is 4.90 Å². The summed E-state index contributed by atoms with van der Waals surface area (Å²) in [6.07, 6.45) is 2.05. The van der Waals surface area contributed by atoms with Crippen LogP contribution in [0.15, 0.2) is 0 Å². The number of nitrogens with zero attached hydrogens (tertiary/aromatic N) is 2. The van der Waals surface area contributed by atoms with Crippen LogP contribution in [0.1, 0.15) is 33.6 Å². The van der Waals surface area contributed by atoms with Gasteiger partial charge in [0.15, 0.2) is 0 Å². The summed E-state index contributed by atoms with van der Waals surface area (Å²) in [6, 6.07) is 0.976. The maximum absolute atomic E-state index is 11.2. The van der Waals surface area contributed by atoms with Crippen LogP contribution in [-0.4, -0.2) is 59.1 Å². The molecular formula is C12H24N2O2. The Bertz CT molecular complexity index is 223. The van der Waals surface area contributed by atoms with Gasteiger partial charge in [-0.2, -0.15) is 0 Å². The van der Waals surface area contributed by atoms with E-state index in [1.165, 1.54) is 0 Å². The molecule has 0 atom stereocenters. The molecule has 4 heteroatoms. The van der Waals surface area contributed by atoms with Crippen molar-refractivity contribution in [3.8, 4) is 0 Å². The minimum atomic E-state index is 0.178. The van der Waals surface area contributed by atoms with Crippen LogP contribution in [0.3, 0.4) is 0 Å². The highest BCUT2D eigenvalue weighted by molar-refractivity contribution is 5.73. The first-order chi connectivity index (χ1) is 7.56. The number of amides is 1. The van der Waals surface area contributed by atoms with Gasteiger partial charge in [-0.15, -0.1) is 0 Å². The standard InChI is InChI=1S/C12H24N2O2/c1-10(2)14(8-9-15)12-4-6-13(7-5-12)11(3)16/h10,12,15H,4-9H2,1-3H3. The first kappa shape index (κ1) is 13.5. The fourth-order valence-electron chi connectivity index (χ4n) is 2.49. The smallest absolute Gasteiger partial charge is 0.219 e. The SMILES string of the molecule is CC(=O)N1CCC(N(CCO)C(C)C)CC1.